The summed E-state index contributed by atoms with van der Waals surface area (Å²) in [5.41, 5.74) is 1.23. The Bertz CT molecular complexity index is 406. The summed E-state index contributed by atoms with van der Waals surface area (Å²) in [4.78, 5) is 6.87. The van der Waals surface area contributed by atoms with Gasteiger partial charge < -0.3 is 15.2 Å². The van der Waals surface area contributed by atoms with Gasteiger partial charge in [0.1, 0.15) is 0 Å². The number of hydrogen-bond acceptors (Lipinski definition) is 3. The third-order valence-electron chi connectivity index (χ3n) is 2.81. The Morgan fingerprint density at radius 3 is 2.82 bits per heavy atom. The normalized spacial score (nSPS) is 13.1. The molecule has 2 N–H and O–H groups in total. The van der Waals surface area contributed by atoms with Gasteiger partial charge in [0, 0.05) is 29.9 Å². The second kappa shape index (κ2) is 6.00. The highest BCUT2D eigenvalue weighted by atomic mass is 32.1. The number of nitrogens with one attached hydrogen (secondary N) is 2. The van der Waals surface area contributed by atoms with E-state index in [4.69, 9.17) is 0 Å². The van der Waals surface area contributed by atoms with Crippen molar-refractivity contribution in [1.29, 1.82) is 0 Å². The second-order valence-electron chi connectivity index (χ2n) is 4.32. The van der Waals surface area contributed by atoms with Crippen LogP contribution in [0.1, 0.15) is 16.6 Å². The minimum absolute atomic E-state index is 0.449. The van der Waals surface area contributed by atoms with Crippen LogP contribution in [0.25, 0.3) is 0 Å². The van der Waals surface area contributed by atoms with Crippen molar-refractivity contribution < 1.29 is 0 Å². The number of H-pyrrole nitrogens is 1. The predicted molar refractivity (Wildman–Crippen MR) is 73.2 cm³/mol. The molecule has 2 rings (SSSR count). The fraction of sp³-hybridized carbons (Fsp3) is 0.385. The van der Waals surface area contributed by atoms with E-state index in [0.717, 1.165) is 13.1 Å². The third kappa shape index (κ3) is 3.43. The number of nitrogens with zero attached hydrogens (tertiary/aromatic N) is 1. The van der Waals surface area contributed by atoms with Gasteiger partial charge in [-0.05, 0) is 37.7 Å². The van der Waals surface area contributed by atoms with Crippen LogP contribution in [0, 0.1) is 0 Å². The smallest absolute Gasteiger partial charge is 0.0561 e. The second-order valence-corrected chi connectivity index (χ2v) is 5.30. The Hall–Kier alpha value is -1.10. The van der Waals surface area contributed by atoms with Crippen LogP contribution in [0.2, 0.25) is 0 Å². The average Bonchev–Trinajstić information content (AvgIpc) is 2.96. The Labute approximate surface area is 106 Å². The average molecular weight is 249 g/mol. The highest BCUT2D eigenvalue weighted by molar-refractivity contribution is 7.10. The summed E-state index contributed by atoms with van der Waals surface area (Å²) in [6.07, 6.45) is 1.96. The fourth-order valence-corrected chi connectivity index (χ4v) is 2.76. The van der Waals surface area contributed by atoms with E-state index in [1.54, 1.807) is 0 Å². The van der Waals surface area contributed by atoms with Gasteiger partial charge in [0.05, 0.1) is 6.04 Å². The molecule has 2 aromatic heterocycles. The molecule has 3 nitrogen and oxygen atoms in total. The van der Waals surface area contributed by atoms with Crippen LogP contribution in [-0.4, -0.2) is 30.5 Å². The molecule has 0 fully saturated rings. The molecule has 0 bridgehead atoms. The maximum absolute atomic E-state index is 3.49. The molecule has 0 aliphatic carbocycles. The maximum Gasteiger partial charge on any atom is 0.0561 e. The van der Waals surface area contributed by atoms with Gasteiger partial charge in [-0.1, -0.05) is 6.07 Å². The molecule has 17 heavy (non-hydrogen) atoms. The summed E-state index contributed by atoms with van der Waals surface area (Å²) in [5.74, 6) is 0. The number of aromatic nitrogens is 1. The lowest BCUT2D eigenvalue weighted by Crippen LogP contribution is -2.30. The lowest BCUT2D eigenvalue weighted by atomic mass is 10.2. The topological polar surface area (TPSA) is 31.1 Å². The first-order chi connectivity index (χ1) is 8.27. The van der Waals surface area contributed by atoms with Crippen LogP contribution >= 0.6 is 11.3 Å². The van der Waals surface area contributed by atoms with E-state index >= 15 is 0 Å². The molecule has 2 heterocycles. The summed E-state index contributed by atoms with van der Waals surface area (Å²) in [6, 6.07) is 8.89. The number of hydrogen-bond donors (Lipinski definition) is 2. The van der Waals surface area contributed by atoms with Crippen molar-refractivity contribution in [2.75, 3.05) is 20.6 Å². The van der Waals surface area contributed by atoms with Crippen molar-refractivity contribution >= 4 is 11.3 Å². The lowest BCUT2D eigenvalue weighted by Gasteiger charge is -2.23. The molecule has 2 aromatic rings. The van der Waals surface area contributed by atoms with Gasteiger partial charge in [0.2, 0.25) is 0 Å². The van der Waals surface area contributed by atoms with E-state index in [1.165, 1.54) is 10.6 Å². The van der Waals surface area contributed by atoms with Gasteiger partial charge >= 0.3 is 0 Å². The van der Waals surface area contributed by atoms with E-state index < -0.39 is 0 Å². The zero-order chi connectivity index (χ0) is 12.1. The van der Waals surface area contributed by atoms with Gasteiger partial charge in [-0.15, -0.1) is 11.3 Å². The quantitative estimate of drug-likeness (QED) is 0.824. The van der Waals surface area contributed by atoms with Crippen LogP contribution in [0.4, 0.5) is 0 Å². The van der Waals surface area contributed by atoms with Crippen molar-refractivity contribution in [3.05, 3.63) is 46.4 Å². The first-order valence-electron chi connectivity index (χ1n) is 5.80. The zero-order valence-corrected chi connectivity index (χ0v) is 11.1. The zero-order valence-electron chi connectivity index (χ0n) is 10.3. The Morgan fingerprint density at radius 1 is 1.35 bits per heavy atom. The van der Waals surface area contributed by atoms with Gasteiger partial charge in [-0.2, -0.15) is 0 Å². The van der Waals surface area contributed by atoms with Crippen LogP contribution in [-0.2, 0) is 6.54 Å². The van der Waals surface area contributed by atoms with E-state index in [0.29, 0.717) is 6.04 Å². The van der Waals surface area contributed by atoms with Gasteiger partial charge in [0.25, 0.3) is 0 Å². The molecule has 0 aromatic carbocycles. The highest BCUT2D eigenvalue weighted by Crippen LogP contribution is 2.22. The molecule has 0 aliphatic rings. The number of rotatable bonds is 6. The van der Waals surface area contributed by atoms with Crippen molar-refractivity contribution in [3.8, 4) is 0 Å². The minimum atomic E-state index is 0.449. The Morgan fingerprint density at radius 2 is 2.24 bits per heavy atom. The fourth-order valence-electron chi connectivity index (χ4n) is 1.84. The van der Waals surface area contributed by atoms with E-state index in [9.17, 15) is 0 Å². The van der Waals surface area contributed by atoms with E-state index in [-0.39, 0.29) is 0 Å². The number of thiophene rings is 1. The van der Waals surface area contributed by atoms with Crippen LogP contribution in [0.3, 0.4) is 0 Å². The van der Waals surface area contributed by atoms with Gasteiger partial charge in [-0.25, -0.2) is 0 Å². The molecule has 1 atom stereocenters. The summed E-state index contributed by atoms with van der Waals surface area (Å²) in [5, 5.41) is 5.63. The van der Waals surface area contributed by atoms with Crippen molar-refractivity contribution in [1.82, 2.24) is 15.2 Å². The first-order valence-corrected chi connectivity index (χ1v) is 6.68. The molecule has 0 saturated carbocycles. The summed E-state index contributed by atoms with van der Waals surface area (Å²) in [7, 11) is 4.25. The van der Waals surface area contributed by atoms with Crippen LogP contribution in [0.15, 0.2) is 35.8 Å². The number of likely N-dealkylation sites (N-methyl/N-ethyl adjacent to an activating group) is 1. The molecule has 4 heteroatoms. The van der Waals surface area contributed by atoms with Crippen LogP contribution in [0.5, 0.6) is 0 Å². The monoisotopic (exact) mass is 249 g/mol. The maximum atomic E-state index is 3.49. The predicted octanol–water partition coefficient (Wildman–Crippen LogP) is 2.47. The Kier molecular flexibility index (Phi) is 4.36. The standard InChI is InChI=1S/C13H19N3S/c1-16(2)12(13-6-4-8-17-13)10-14-9-11-5-3-7-15-11/h3-8,12,14-15H,9-10H2,1-2H3. The van der Waals surface area contributed by atoms with Crippen molar-refractivity contribution in [2.45, 2.75) is 12.6 Å². The first kappa shape index (κ1) is 12.4. The highest BCUT2D eigenvalue weighted by Gasteiger charge is 2.14. The molecule has 0 saturated heterocycles. The molecule has 0 aliphatic heterocycles. The Balaban J connectivity index is 1.86. The summed E-state index contributed by atoms with van der Waals surface area (Å²) >= 11 is 1.82. The third-order valence-corrected chi connectivity index (χ3v) is 3.78. The SMILES string of the molecule is CN(C)C(CNCc1ccc[nH]1)c1cccs1. The molecule has 92 valence electrons. The lowest BCUT2D eigenvalue weighted by molar-refractivity contribution is 0.292. The summed E-state index contributed by atoms with van der Waals surface area (Å²) in [6.45, 7) is 1.86. The van der Waals surface area contributed by atoms with Crippen molar-refractivity contribution in [2.24, 2.45) is 0 Å². The minimum Gasteiger partial charge on any atom is -0.364 e. The molecular weight excluding hydrogens is 230 g/mol. The van der Waals surface area contributed by atoms with Crippen molar-refractivity contribution in [3.63, 3.8) is 0 Å². The number of aromatic amines is 1. The van der Waals surface area contributed by atoms with Crippen LogP contribution < -0.4 is 5.32 Å². The molecule has 1 unspecified atom stereocenters. The van der Waals surface area contributed by atoms with Gasteiger partial charge in [0.15, 0.2) is 0 Å². The molecular formula is C13H19N3S. The van der Waals surface area contributed by atoms with E-state index in [2.05, 4.69) is 52.9 Å². The van der Waals surface area contributed by atoms with E-state index in [1.807, 2.05) is 23.6 Å². The molecule has 0 radical (unpaired) electrons. The van der Waals surface area contributed by atoms with Gasteiger partial charge in [-0.3, -0.25) is 0 Å². The summed E-state index contributed by atoms with van der Waals surface area (Å²) < 4.78 is 0. The molecule has 0 amide bonds. The largest absolute Gasteiger partial charge is 0.364 e. The molecule has 0 spiro atoms.